The number of hydrogen-bond donors (Lipinski definition) is 1. The summed E-state index contributed by atoms with van der Waals surface area (Å²) in [5.74, 6) is -0.556. The van der Waals surface area contributed by atoms with Gasteiger partial charge in [-0.15, -0.1) is 11.3 Å². The average molecular weight is 376 g/mol. The standard InChI is InChI=1S/C17H16N2O6S/c1-8-16(26-10(3)18-8)17(22)23-6-15(21)19-12-5-14-13(24-7-25-14)4-11(12)9(2)20/h4-5H,6-7H2,1-3H3,(H,19,21). The molecule has 9 heteroatoms. The van der Waals surface area contributed by atoms with Gasteiger partial charge in [0.05, 0.1) is 16.4 Å². The van der Waals surface area contributed by atoms with E-state index in [4.69, 9.17) is 14.2 Å². The van der Waals surface area contributed by atoms with Gasteiger partial charge in [0, 0.05) is 11.6 Å². The van der Waals surface area contributed by atoms with Crippen LogP contribution in [-0.2, 0) is 9.53 Å². The number of Topliss-reactive ketones (excluding diaryl/α,β-unsaturated/α-hetero) is 1. The van der Waals surface area contributed by atoms with Crippen LogP contribution in [0.4, 0.5) is 5.69 Å². The van der Waals surface area contributed by atoms with Crippen LogP contribution in [0, 0.1) is 13.8 Å². The second-order valence-electron chi connectivity index (χ2n) is 5.58. The number of benzene rings is 1. The predicted octanol–water partition coefficient (Wildman–Crippen LogP) is 2.49. The number of thiazole rings is 1. The maximum atomic E-state index is 12.1. The predicted molar refractivity (Wildman–Crippen MR) is 93.1 cm³/mol. The molecule has 136 valence electrons. The molecule has 1 aliphatic rings. The number of carbonyl (C=O) groups is 3. The van der Waals surface area contributed by atoms with Gasteiger partial charge in [0.2, 0.25) is 6.79 Å². The van der Waals surface area contributed by atoms with E-state index in [0.717, 1.165) is 5.01 Å². The molecular formula is C17H16N2O6S. The SMILES string of the molecule is CC(=O)c1cc2c(cc1NC(=O)COC(=O)c1sc(C)nc1C)OCO2. The normalized spacial score (nSPS) is 12.0. The number of fused-ring (bicyclic) bond motifs is 1. The lowest BCUT2D eigenvalue weighted by Crippen LogP contribution is -2.22. The van der Waals surface area contributed by atoms with Crippen LogP contribution >= 0.6 is 11.3 Å². The second-order valence-corrected chi connectivity index (χ2v) is 6.78. The summed E-state index contributed by atoms with van der Waals surface area (Å²) in [4.78, 5) is 40.5. The Labute approximate surface area is 153 Å². The number of nitrogens with zero attached hydrogens (tertiary/aromatic N) is 1. The first-order valence-electron chi connectivity index (χ1n) is 7.70. The second kappa shape index (κ2) is 7.12. The van der Waals surface area contributed by atoms with Crippen molar-refractivity contribution in [3.05, 3.63) is 33.3 Å². The molecular weight excluding hydrogens is 360 g/mol. The summed E-state index contributed by atoms with van der Waals surface area (Å²) >= 11 is 1.21. The molecule has 2 aromatic rings. The molecule has 3 rings (SSSR count). The highest BCUT2D eigenvalue weighted by Crippen LogP contribution is 2.37. The highest BCUT2D eigenvalue weighted by atomic mass is 32.1. The molecule has 0 bridgehead atoms. The molecule has 1 aromatic heterocycles. The van der Waals surface area contributed by atoms with E-state index in [2.05, 4.69) is 10.3 Å². The number of rotatable bonds is 5. The van der Waals surface area contributed by atoms with E-state index < -0.39 is 18.5 Å². The van der Waals surface area contributed by atoms with Gasteiger partial charge in [-0.05, 0) is 26.8 Å². The summed E-state index contributed by atoms with van der Waals surface area (Å²) in [7, 11) is 0. The first-order chi connectivity index (χ1) is 12.3. The molecule has 1 N–H and O–H groups in total. The fraction of sp³-hybridized carbons (Fsp3) is 0.294. The molecule has 0 unspecified atom stereocenters. The van der Waals surface area contributed by atoms with Crippen molar-refractivity contribution >= 4 is 34.7 Å². The third-order valence-corrected chi connectivity index (χ3v) is 4.64. The van der Waals surface area contributed by atoms with Gasteiger partial charge in [-0.2, -0.15) is 0 Å². The van der Waals surface area contributed by atoms with Gasteiger partial charge >= 0.3 is 5.97 Å². The zero-order valence-corrected chi connectivity index (χ0v) is 15.2. The van der Waals surface area contributed by atoms with Gasteiger partial charge in [0.1, 0.15) is 4.88 Å². The number of ketones is 1. The lowest BCUT2D eigenvalue weighted by molar-refractivity contribution is -0.119. The van der Waals surface area contributed by atoms with Crippen molar-refractivity contribution in [2.75, 3.05) is 18.7 Å². The molecule has 0 saturated heterocycles. The summed E-state index contributed by atoms with van der Waals surface area (Å²) in [5.41, 5.74) is 1.11. The summed E-state index contributed by atoms with van der Waals surface area (Å²) < 4.78 is 15.5. The molecule has 8 nitrogen and oxygen atoms in total. The smallest absolute Gasteiger partial charge is 0.350 e. The van der Waals surface area contributed by atoms with Crippen LogP contribution in [-0.4, -0.2) is 36.0 Å². The van der Waals surface area contributed by atoms with Crippen molar-refractivity contribution in [2.45, 2.75) is 20.8 Å². The minimum absolute atomic E-state index is 0.0509. The van der Waals surface area contributed by atoms with Gasteiger partial charge in [-0.1, -0.05) is 0 Å². The van der Waals surface area contributed by atoms with Crippen LogP contribution in [0.25, 0.3) is 0 Å². The average Bonchev–Trinajstić information content (AvgIpc) is 3.16. The van der Waals surface area contributed by atoms with Crippen LogP contribution in [0.1, 0.15) is 37.7 Å². The van der Waals surface area contributed by atoms with Crippen LogP contribution < -0.4 is 14.8 Å². The van der Waals surface area contributed by atoms with E-state index in [9.17, 15) is 14.4 Å². The molecule has 2 heterocycles. The monoisotopic (exact) mass is 376 g/mol. The maximum Gasteiger partial charge on any atom is 0.350 e. The molecule has 0 radical (unpaired) electrons. The van der Waals surface area contributed by atoms with E-state index in [1.54, 1.807) is 13.8 Å². The highest BCUT2D eigenvalue weighted by Gasteiger charge is 2.21. The number of hydrogen-bond acceptors (Lipinski definition) is 8. The van der Waals surface area contributed by atoms with Crippen LogP contribution in [0.2, 0.25) is 0 Å². The summed E-state index contributed by atoms with van der Waals surface area (Å²) in [6, 6.07) is 3.02. The zero-order chi connectivity index (χ0) is 18.8. The van der Waals surface area contributed by atoms with Crippen LogP contribution in [0.5, 0.6) is 11.5 Å². The highest BCUT2D eigenvalue weighted by molar-refractivity contribution is 7.13. The topological polar surface area (TPSA) is 104 Å². The Bertz CT molecular complexity index is 905. The van der Waals surface area contributed by atoms with Gasteiger partial charge < -0.3 is 19.5 Å². The fourth-order valence-electron chi connectivity index (χ4n) is 2.44. The minimum atomic E-state index is -0.610. The first-order valence-corrected chi connectivity index (χ1v) is 8.52. The Morgan fingerprint density at radius 2 is 1.92 bits per heavy atom. The maximum absolute atomic E-state index is 12.1. The van der Waals surface area contributed by atoms with Crippen molar-refractivity contribution in [1.29, 1.82) is 0 Å². The third-order valence-electron chi connectivity index (χ3n) is 3.59. The Hall–Kier alpha value is -2.94. The number of aromatic nitrogens is 1. The molecule has 1 aromatic carbocycles. The van der Waals surface area contributed by atoms with Gasteiger partial charge in [0.25, 0.3) is 5.91 Å². The van der Waals surface area contributed by atoms with Crippen molar-refractivity contribution in [3.8, 4) is 11.5 Å². The van der Waals surface area contributed by atoms with E-state index in [1.807, 2.05) is 0 Å². The van der Waals surface area contributed by atoms with E-state index in [1.165, 1.54) is 30.4 Å². The molecule has 0 spiro atoms. The number of anilines is 1. The van der Waals surface area contributed by atoms with Crippen molar-refractivity contribution in [3.63, 3.8) is 0 Å². The Morgan fingerprint density at radius 1 is 1.23 bits per heavy atom. The van der Waals surface area contributed by atoms with Gasteiger partial charge in [0.15, 0.2) is 23.9 Å². The number of ether oxygens (including phenoxy) is 3. The van der Waals surface area contributed by atoms with E-state index in [0.29, 0.717) is 22.1 Å². The molecule has 0 fully saturated rings. The number of carbonyl (C=O) groups excluding carboxylic acids is 3. The number of esters is 1. The van der Waals surface area contributed by atoms with Gasteiger partial charge in [-0.3, -0.25) is 9.59 Å². The number of amides is 1. The molecule has 26 heavy (non-hydrogen) atoms. The molecule has 0 atom stereocenters. The van der Waals surface area contributed by atoms with E-state index in [-0.39, 0.29) is 23.8 Å². The first kappa shape index (κ1) is 17.9. The zero-order valence-electron chi connectivity index (χ0n) is 14.4. The molecule has 0 saturated carbocycles. The largest absolute Gasteiger partial charge is 0.454 e. The van der Waals surface area contributed by atoms with Crippen LogP contribution in [0.15, 0.2) is 12.1 Å². The summed E-state index contributed by atoms with van der Waals surface area (Å²) in [6.07, 6.45) is 0. The fourth-order valence-corrected chi connectivity index (χ4v) is 3.25. The van der Waals surface area contributed by atoms with Crippen molar-refractivity contribution in [1.82, 2.24) is 4.98 Å². The summed E-state index contributed by atoms with van der Waals surface area (Å²) in [6.45, 7) is 4.43. The molecule has 1 aliphatic heterocycles. The lowest BCUT2D eigenvalue weighted by atomic mass is 10.1. The number of nitrogens with one attached hydrogen (secondary N) is 1. The van der Waals surface area contributed by atoms with Crippen molar-refractivity contribution in [2.24, 2.45) is 0 Å². The van der Waals surface area contributed by atoms with Crippen molar-refractivity contribution < 1.29 is 28.6 Å². The lowest BCUT2D eigenvalue weighted by Gasteiger charge is -2.10. The Morgan fingerprint density at radius 3 is 2.54 bits per heavy atom. The summed E-state index contributed by atoms with van der Waals surface area (Å²) in [5, 5.41) is 3.30. The Kier molecular flexibility index (Phi) is 4.90. The van der Waals surface area contributed by atoms with Crippen LogP contribution in [0.3, 0.4) is 0 Å². The third kappa shape index (κ3) is 3.67. The van der Waals surface area contributed by atoms with Gasteiger partial charge in [-0.25, -0.2) is 9.78 Å². The minimum Gasteiger partial charge on any atom is -0.454 e. The number of aryl methyl sites for hydroxylation is 2. The van der Waals surface area contributed by atoms with E-state index >= 15 is 0 Å². The molecule has 1 amide bonds. The quantitative estimate of drug-likeness (QED) is 0.631. The Balaban J connectivity index is 1.67. The molecule has 0 aliphatic carbocycles.